The number of hydrogen-bond donors (Lipinski definition) is 4. The summed E-state index contributed by atoms with van der Waals surface area (Å²) in [5, 5.41) is 38.2. The normalized spacial score (nSPS) is 19.8. The van der Waals surface area contributed by atoms with Crippen molar-refractivity contribution in [3.05, 3.63) is 11.5 Å². The molecule has 30 heavy (non-hydrogen) atoms. The van der Waals surface area contributed by atoms with Crippen molar-refractivity contribution in [3.63, 3.8) is 0 Å². The molecule has 0 aromatic heterocycles. The molecule has 1 aliphatic heterocycles. The van der Waals surface area contributed by atoms with Crippen molar-refractivity contribution in [2.45, 2.75) is 109 Å². The second-order valence-electron chi connectivity index (χ2n) is 7.92. The van der Waals surface area contributed by atoms with Gasteiger partial charge in [-0.2, -0.15) is 0 Å². The molecule has 0 spiro atoms. The highest BCUT2D eigenvalue weighted by atomic mass is 16.8. The molecule has 0 saturated heterocycles. The van der Waals surface area contributed by atoms with E-state index in [1.165, 1.54) is 57.8 Å². The van der Waals surface area contributed by atoms with Gasteiger partial charge in [-0.1, -0.05) is 84.0 Å². The van der Waals surface area contributed by atoms with Gasteiger partial charge in [0.25, 0.3) is 0 Å². The number of aliphatic hydroxyl groups is 4. The van der Waals surface area contributed by atoms with Crippen LogP contribution in [0.5, 0.6) is 0 Å². The molecule has 0 aromatic rings. The summed E-state index contributed by atoms with van der Waals surface area (Å²) in [5.41, 5.74) is 0. The third-order valence-electron chi connectivity index (χ3n) is 5.35. The molecule has 0 fully saturated rings. The van der Waals surface area contributed by atoms with E-state index in [1.807, 2.05) is 0 Å². The van der Waals surface area contributed by atoms with Crippen LogP contribution in [0.2, 0.25) is 0 Å². The summed E-state index contributed by atoms with van der Waals surface area (Å²) < 4.78 is 9.60. The van der Waals surface area contributed by atoms with Crippen LogP contribution in [0.3, 0.4) is 0 Å². The highest BCUT2D eigenvalue weighted by Gasteiger charge is 2.57. The summed E-state index contributed by atoms with van der Waals surface area (Å²) in [5.74, 6) is -7.01. The van der Waals surface area contributed by atoms with E-state index in [2.05, 4.69) is 11.7 Å². The zero-order valence-corrected chi connectivity index (χ0v) is 18.1. The second kappa shape index (κ2) is 14.2. The first-order chi connectivity index (χ1) is 14.4. The van der Waals surface area contributed by atoms with Gasteiger partial charge >= 0.3 is 17.7 Å². The number of hydrogen-bond acceptors (Lipinski definition) is 8. The first kappa shape index (κ1) is 26.2. The Bertz CT molecular complexity index is 559. The molecule has 8 heteroatoms. The van der Waals surface area contributed by atoms with Gasteiger partial charge in [-0.25, -0.2) is 4.79 Å². The fourth-order valence-corrected chi connectivity index (χ4v) is 3.49. The molecule has 0 aliphatic carbocycles. The number of rotatable bonds is 17. The van der Waals surface area contributed by atoms with Gasteiger partial charge in [0.05, 0.1) is 6.61 Å². The van der Waals surface area contributed by atoms with Crippen LogP contribution >= 0.6 is 0 Å². The zero-order valence-electron chi connectivity index (χ0n) is 18.1. The Morgan fingerprint density at radius 2 is 1.40 bits per heavy atom. The van der Waals surface area contributed by atoms with E-state index >= 15 is 0 Å². The van der Waals surface area contributed by atoms with Gasteiger partial charge in [0, 0.05) is 6.42 Å². The van der Waals surface area contributed by atoms with Crippen LogP contribution in [0.15, 0.2) is 11.5 Å². The first-order valence-corrected chi connectivity index (χ1v) is 11.3. The third-order valence-corrected chi connectivity index (χ3v) is 5.35. The molecule has 0 amide bonds. The third kappa shape index (κ3) is 8.14. The topological polar surface area (TPSA) is 134 Å². The summed E-state index contributed by atoms with van der Waals surface area (Å²) in [6.07, 6.45) is 13.2. The molecule has 174 valence electrons. The number of carbonyl (C=O) groups is 2. The quantitative estimate of drug-likeness (QED) is 0.201. The van der Waals surface area contributed by atoms with Gasteiger partial charge in [0.1, 0.15) is 0 Å². The van der Waals surface area contributed by atoms with E-state index in [-0.39, 0.29) is 6.42 Å². The maximum atomic E-state index is 12.1. The monoisotopic (exact) mass is 430 g/mol. The van der Waals surface area contributed by atoms with Gasteiger partial charge < -0.3 is 29.9 Å². The summed E-state index contributed by atoms with van der Waals surface area (Å²) in [4.78, 5) is 23.5. The number of aliphatic hydroxyl groups excluding tert-OH is 4. The molecule has 8 nitrogen and oxygen atoms in total. The predicted octanol–water partition coefficient (Wildman–Crippen LogP) is 3.94. The Morgan fingerprint density at radius 1 is 0.933 bits per heavy atom. The Labute approximate surface area is 178 Å². The van der Waals surface area contributed by atoms with Crippen molar-refractivity contribution >= 4 is 11.9 Å². The molecule has 0 radical (unpaired) electrons. The minimum atomic E-state index is -2.59. The minimum Gasteiger partial charge on any atom is -0.502 e. The van der Waals surface area contributed by atoms with E-state index in [0.29, 0.717) is 6.42 Å². The standard InChI is InChI=1S/C22H38O8/c1-2-3-4-5-6-7-8-9-10-11-12-13-14-15-18(25)29-22(17(24)16-23)20(27)19(26)21(28)30-22/h17,23-24,26-27H,2-16H2,1H3/t17-,22+/m0/s1. The summed E-state index contributed by atoms with van der Waals surface area (Å²) in [6, 6.07) is 0. The lowest BCUT2D eigenvalue weighted by Gasteiger charge is -2.30. The van der Waals surface area contributed by atoms with Crippen molar-refractivity contribution in [3.8, 4) is 0 Å². The number of carbonyl (C=O) groups excluding carboxylic acids is 2. The van der Waals surface area contributed by atoms with Crippen molar-refractivity contribution in [2.24, 2.45) is 0 Å². The molecule has 4 N–H and O–H groups in total. The second-order valence-corrected chi connectivity index (χ2v) is 7.92. The fourth-order valence-electron chi connectivity index (χ4n) is 3.49. The van der Waals surface area contributed by atoms with Gasteiger partial charge in [0.2, 0.25) is 11.5 Å². The maximum Gasteiger partial charge on any atom is 0.381 e. The lowest BCUT2D eigenvalue weighted by Crippen LogP contribution is -2.50. The number of ether oxygens (including phenoxy) is 2. The number of esters is 2. The SMILES string of the molecule is CCCCCCCCCCCCCCCC(=O)O[C@]1([C@@H](O)CO)OC(=O)C(O)=C1O. The van der Waals surface area contributed by atoms with E-state index in [4.69, 9.17) is 9.84 Å². The average Bonchev–Trinajstić information content (AvgIpc) is 2.95. The minimum absolute atomic E-state index is 0.00323. The molecular formula is C22H38O8. The van der Waals surface area contributed by atoms with Crippen molar-refractivity contribution in [2.75, 3.05) is 6.61 Å². The Balaban J connectivity index is 2.16. The van der Waals surface area contributed by atoms with E-state index in [0.717, 1.165) is 19.3 Å². The lowest BCUT2D eigenvalue weighted by atomic mass is 10.0. The molecule has 1 heterocycles. The van der Waals surface area contributed by atoms with Crippen LogP contribution in [0.4, 0.5) is 0 Å². The highest BCUT2D eigenvalue weighted by molar-refractivity contribution is 5.90. The molecular weight excluding hydrogens is 392 g/mol. The average molecular weight is 431 g/mol. The van der Waals surface area contributed by atoms with Gasteiger partial charge in [-0.05, 0) is 6.42 Å². The smallest absolute Gasteiger partial charge is 0.381 e. The van der Waals surface area contributed by atoms with E-state index in [9.17, 15) is 24.9 Å². The molecule has 0 bridgehead atoms. The number of unbranched alkanes of at least 4 members (excludes halogenated alkanes) is 12. The van der Waals surface area contributed by atoms with Crippen LogP contribution in [0.1, 0.15) is 96.8 Å². The van der Waals surface area contributed by atoms with Crippen molar-refractivity contribution < 1.29 is 39.5 Å². The van der Waals surface area contributed by atoms with Crippen molar-refractivity contribution in [1.29, 1.82) is 0 Å². The predicted molar refractivity (Wildman–Crippen MR) is 111 cm³/mol. The van der Waals surface area contributed by atoms with Crippen LogP contribution in [0.25, 0.3) is 0 Å². The van der Waals surface area contributed by atoms with E-state index in [1.54, 1.807) is 0 Å². The maximum absolute atomic E-state index is 12.1. The van der Waals surface area contributed by atoms with E-state index < -0.39 is 42.0 Å². The van der Waals surface area contributed by atoms with Crippen molar-refractivity contribution in [1.82, 2.24) is 0 Å². The fraction of sp³-hybridized carbons (Fsp3) is 0.818. The summed E-state index contributed by atoms with van der Waals surface area (Å²) in [6.45, 7) is 1.28. The summed E-state index contributed by atoms with van der Waals surface area (Å²) >= 11 is 0. The van der Waals surface area contributed by atoms with Gasteiger partial charge in [-0.15, -0.1) is 0 Å². The Kier molecular flexibility index (Phi) is 12.5. The first-order valence-electron chi connectivity index (χ1n) is 11.3. The summed E-state index contributed by atoms with van der Waals surface area (Å²) in [7, 11) is 0. The van der Waals surface area contributed by atoms with Crippen LogP contribution in [-0.2, 0) is 19.1 Å². The van der Waals surface area contributed by atoms with Crippen LogP contribution < -0.4 is 0 Å². The molecule has 1 aliphatic rings. The molecule has 1 rings (SSSR count). The largest absolute Gasteiger partial charge is 0.502 e. The Morgan fingerprint density at radius 3 is 1.80 bits per heavy atom. The molecule has 2 atom stereocenters. The van der Waals surface area contributed by atoms with Crippen LogP contribution in [0, 0.1) is 0 Å². The Hall–Kier alpha value is -1.80. The van der Waals surface area contributed by atoms with Gasteiger partial charge in [-0.3, -0.25) is 4.79 Å². The molecule has 0 saturated carbocycles. The zero-order chi connectivity index (χ0) is 22.4. The highest BCUT2D eigenvalue weighted by Crippen LogP contribution is 2.35. The van der Waals surface area contributed by atoms with Crippen LogP contribution in [-0.4, -0.2) is 50.9 Å². The van der Waals surface area contributed by atoms with Gasteiger partial charge in [0.15, 0.2) is 6.10 Å². The number of cyclic esters (lactones) is 1. The lowest BCUT2D eigenvalue weighted by molar-refractivity contribution is -0.249. The molecule has 0 unspecified atom stereocenters. The molecule has 0 aromatic carbocycles.